The third kappa shape index (κ3) is 1.45. The molecule has 0 atom stereocenters. The molecule has 2 rings (SSSR count). The van der Waals surface area contributed by atoms with Crippen molar-refractivity contribution in [2.75, 3.05) is 0 Å². The quantitative estimate of drug-likeness (QED) is 0.320. The molecule has 0 amide bonds. The Morgan fingerprint density at radius 2 is 1.88 bits per heavy atom. The van der Waals surface area contributed by atoms with Crippen LogP contribution in [0.3, 0.4) is 0 Å². The van der Waals surface area contributed by atoms with E-state index in [-0.39, 0.29) is 17.7 Å². The lowest BCUT2D eigenvalue weighted by Gasteiger charge is -1.98. The Labute approximate surface area is 87.7 Å². The summed E-state index contributed by atoms with van der Waals surface area (Å²) >= 11 is 0. The molecule has 8 heteroatoms. The lowest BCUT2D eigenvalue weighted by molar-refractivity contribution is -0.394. The smallest absolute Gasteiger partial charge is 0.316 e. The number of esters is 1. The van der Waals surface area contributed by atoms with Crippen LogP contribution >= 0.6 is 0 Å². The highest BCUT2D eigenvalue weighted by Crippen LogP contribution is 2.37. The number of hydrogen-bond acceptors (Lipinski definition) is 6. The van der Waals surface area contributed by atoms with Crippen LogP contribution < -0.4 is 4.74 Å². The van der Waals surface area contributed by atoms with Gasteiger partial charge in [0.15, 0.2) is 0 Å². The fourth-order valence-corrected chi connectivity index (χ4v) is 1.46. The number of benzene rings is 1. The second-order valence-corrected chi connectivity index (χ2v) is 3.11. The number of ether oxygens (including phenoxy) is 1. The molecule has 0 saturated heterocycles. The zero-order chi connectivity index (χ0) is 11.9. The highest BCUT2D eigenvalue weighted by molar-refractivity contribution is 5.84. The number of fused-ring (bicyclic) bond motifs is 1. The summed E-state index contributed by atoms with van der Waals surface area (Å²) in [6.07, 6.45) is -0.232. The maximum absolute atomic E-state index is 10.9. The van der Waals surface area contributed by atoms with Crippen LogP contribution in [0.2, 0.25) is 0 Å². The first-order chi connectivity index (χ1) is 7.49. The molecule has 0 fully saturated rings. The van der Waals surface area contributed by atoms with Crippen LogP contribution in [0, 0.1) is 20.2 Å². The molecule has 0 saturated carbocycles. The van der Waals surface area contributed by atoms with Crippen molar-refractivity contribution < 1.29 is 19.4 Å². The minimum absolute atomic E-state index is 0.0839. The van der Waals surface area contributed by atoms with E-state index in [1.54, 1.807) is 0 Å². The largest absolute Gasteiger partial charge is 0.425 e. The summed E-state index contributed by atoms with van der Waals surface area (Å²) in [5.74, 6) is -0.760. The lowest BCUT2D eigenvalue weighted by atomic mass is 10.1. The number of carbonyl (C=O) groups excluding carboxylic acids is 1. The Hall–Kier alpha value is -2.51. The van der Waals surface area contributed by atoms with Gasteiger partial charge in [0.25, 0.3) is 11.4 Å². The molecule has 0 radical (unpaired) electrons. The van der Waals surface area contributed by atoms with E-state index in [2.05, 4.69) is 4.74 Å². The monoisotopic (exact) mass is 224 g/mol. The molecule has 0 unspecified atom stereocenters. The van der Waals surface area contributed by atoms with Gasteiger partial charge in [0.05, 0.1) is 34.0 Å². The SMILES string of the molecule is O=C1Cc2c(cc([N+](=O)[O-])cc2[N+](=O)[O-])O1. The summed E-state index contributed by atoms with van der Waals surface area (Å²) in [6, 6.07) is 1.83. The minimum atomic E-state index is -0.778. The Bertz CT molecular complexity index is 524. The first kappa shape index (κ1) is 10.0. The van der Waals surface area contributed by atoms with Crippen LogP contribution in [0.15, 0.2) is 12.1 Å². The molecule has 0 bridgehead atoms. The van der Waals surface area contributed by atoms with Crippen LogP contribution in [0.25, 0.3) is 0 Å². The highest BCUT2D eigenvalue weighted by atomic mass is 16.6. The summed E-state index contributed by atoms with van der Waals surface area (Å²) in [5, 5.41) is 21.2. The van der Waals surface area contributed by atoms with Gasteiger partial charge in [0.2, 0.25) is 0 Å². The number of nitro benzene ring substituents is 2. The van der Waals surface area contributed by atoms with Crippen molar-refractivity contribution in [3.8, 4) is 5.75 Å². The Kier molecular flexibility index (Phi) is 2.04. The predicted molar refractivity (Wildman–Crippen MR) is 49.1 cm³/mol. The molecule has 1 aliphatic rings. The Morgan fingerprint density at radius 1 is 1.19 bits per heavy atom. The molecule has 0 N–H and O–H groups in total. The van der Waals surface area contributed by atoms with E-state index in [1.807, 2.05) is 0 Å². The molecule has 0 aliphatic carbocycles. The fraction of sp³-hybridized carbons (Fsp3) is 0.125. The topological polar surface area (TPSA) is 113 Å². The van der Waals surface area contributed by atoms with Gasteiger partial charge in [-0.05, 0) is 0 Å². The number of non-ortho nitro benzene ring substituents is 1. The Balaban J connectivity index is 2.65. The molecule has 1 aromatic carbocycles. The number of carbonyl (C=O) groups is 1. The second kappa shape index (κ2) is 3.26. The molecular weight excluding hydrogens is 220 g/mol. The van der Waals surface area contributed by atoms with Crippen molar-refractivity contribution >= 4 is 17.3 Å². The average Bonchev–Trinajstić information content (AvgIpc) is 2.55. The fourth-order valence-electron chi connectivity index (χ4n) is 1.46. The molecule has 1 aliphatic heterocycles. The molecule has 16 heavy (non-hydrogen) atoms. The summed E-state index contributed by atoms with van der Waals surface area (Å²) in [7, 11) is 0. The van der Waals surface area contributed by atoms with Crippen LogP contribution in [-0.2, 0) is 11.2 Å². The van der Waals surface area contributed by atoms with Gasteiger partial charge in [-0.15, -0.1) is 0 Å². The number of hydrogen-bond donors (Lipinski definition) is 0. The van der Waals surface area contributed by atoms with Crippen molar-refractivity contribution in [1.82, 2.24) is 0 Å². The number of nitro groups is 2. The van der Waals surface area contributed by atoms with E-state index < -0.39 is 27.2 Å². The predicted octanol–water partition coefficient (Wildman–Crippen LogP) is 0.964. The summed E-state index contributed by atoms with van der Waals surface area (Å²) < 4.78 is 4.64. The third-order valence-corrected chi connectivity index (χ3v) is 2.12. The van der Waals surface area contributed by atoms with Crippen molar-refractivity contribution in [2.24, 2.45) is 0 Å². The maximum atomic E-state index is 10.9. The molecular formula is C8H4N2O6. The van der Waals surface area contributed by atoms with Crippen LogP contribution in [0.5, 0.6) is 5.75 Å². The van der Waals surface area contributed by atoms with Crippen LogP contribution in [-0.4, -0.2) is 15.8 Å². The van der Waals surface area contributed by atoms with Gasteiger partial charge in [0, 0.05) is 0 Å². The highest BCUT2D eigenvalue weighted by Gasteiger charge is 2.32. The summed E-state index contributed by atoms with van der Waals surface area (Å²) in [4.78, 5) is 30.6. The molecule has 1 heterocycles. The molecule has 1 aromatic rings. The minimum Gasteiger partial charge on any atom is -0.425 e. The van der Waals surface area contributed by atoms with E-state index in [1.165, 1.54) is 0 Å². The molecule has 82 valence electrons. The third-order valence-electron chi connectivity index (χ3n) is 2.12. The standard InChI is InChI=1S/C8H4N2O6/c11-8-3-5-6(10(14)15)1-4(9(12)13)2-7(5)16-8/h1-2H,3H2. The summed E-state index contributed by atoms with van der Waals surface area (Å²) in [5.41, 5.74) is -0.851. The van der Waals surface area contributed by atoms with Gasteiger partial charge >= 0.3 is 5.97 Å². The lowest BCUT2D eigenvalue weighted by Crippen LogP contribution is -2.00. The normalized spacial score (nSPS) is 13.1. The zero-order valence-corrected chi connectivity index (χ0v) is 7.71. The van der Waals surface area contributed by atoms with E-state index in [9.17, 15) is 25.0 Å². The van der Waals surface area contributed by atoms with Crippen molar-refractivity contribution in [3.63, 3.8) is 0 Å². The van der Waals surface area contributed by atoms with Gasteiger partial charge in [0.1, 0.15) is 5.75 Å². The van der Waals surface area contributed by atoms with Gasteiger partial charge in [-0.25, -0.2) is 0 Å². The maximum Gasteiger partial charge on any atom is 0.316 e. The average molecular weight is 224 g/mol. The van der Waals surface area contributed by atoms with E-state index in [0.29, 0.717) is 0 Å². The zero-order valence-electron chi connectivity index (χ0n) is 7.71. The van der Waals surface area contributed by atoms with Gasteiger partial charge in [-0.1, -0.05) is 0 Å². The first-order valence-electron chi connectivity index (χ1n) is 4.15. The Morgan fingerprint density at radius 3 is 2.44 bits per heavy atom. The molecule has 8 nitrogen and oxygen atoms in total. The first-order valence-corrected chi connectivity index (χ1v) is 4.15. The van der Waals surface area contributed by atoms with E-state index in [0.717, 1.165) is 12.1 Å². The van der Waals surface area contributed by atoms with Gasteiger partial charge < -0.3 is 4.74 Å². The van der Waals surface area contributed by atoms with Crippen LogP contribution in [0.4, 0.5) is 11.4 Å². The number of rotatable bonds is 2. The number of nitrogens with zero attached hydrogens (tertiary/aromatic N) is 2. The van der Waals surface area contributed by atoms with E-state index >= 15 is 0 Å². The van der Waals surface area contributed by atoms with Gasteiger partial charge in [-0.3, -0.25) is 25.0 Å². The van der Waals surface area contributed by atoms with Crippen molar-refractivity contribution in [3.05, 3.63) is 37.9 Å². The summed E-state index contributed by atoms with van der Waals surface area (Å²) in [6.45, 7) is 0. The van der Waals surface area contributed by atoms with E-state index in [4.69, 9.17) is 0 Å². The molecule has 0 spiro atoms. The van der Waals surface area contributed by atoms with Crippen molar-refractivity contribution in [2.45, 2.75) is 6.42 Å². The molecule has 0 aromatic heterocycles. The van der Waals surface area contributed by atoms with Gasteiger partial charge in [-0.2, -0.15) is 0 Å². The van der Waals surface area contributed by atoms with Crippen molar-refractivity contribution in [1.29, 1.82) is 0 Å². The second-order valence-electron chi connectivity index (χ2n) is 3.11. The van der Waals surface area contributed by atoms with Crippen LogP contribution in [0.1, 0.15) is 5.56 Å².